The molecule has 0 aliphatic carbocycles. The van der Waals surface area contributed by atoms with E-state index < -0.39 is 0 Å². The Morgan fingerprint density at radius 1 is 1.11 bits per heavy atom. The van der Waals surface area contributed by atoms with Crippen LogP contribution in [0.1, 0.15) is 27.3 Å². The van der Waals surface area contributed by atoms with Gasteiger partial charge in [-0.15, -0.1) is 0 Å². The summed E-state index contributed by atoms with van der Waals surface area (Å²) in [5.41, 5.74) is 5.34. The van der Waals surface area contributed by atoms with Crippen molar-refractivity contribution in [2.75, 3.05) is 43.4 Å². The summed E-state index contributed by atoms with van der Waals surface area (Å²) in [5, 5.41) is 7.65. The molecule has 1 aliphatic heterocycles. The number of pyridine rings is 1. The summed E-state index contributed by atoms with van der Waals surface area (Å²) in [6.07, 6.45) is 0. The summed E-state index contributed by atoms with van der Waals surface area (Å²) >= 11 is 0. The van der Waals surface area contributed by atoms with Crippen LogP contribution in [0.4, 0.5) is 11.4 Å². The predicted octanol–water partition coefficient (Wildman–Crippen LogP) is 3.15. The Balaban J connectivity index is 1.58. The molecule has 1 aromatic carbocycles. The summed E-state index contributed by atoms with van der Waals surface area (Å²) in [5.74, 6) is -0.183. The number of hydrogen-bond acceptors (Lipinski definition) is 6. The van der Waals surface area contributed by atoms with Crippen LogP contribution in [0, 0.1) is 20.8 Å². The lowest BCUT2D eigenvalue weighted by molar-refractivity contribution is 0.102. The number of carbonyl (C=O) groups excluding carboxylic acids is 1. The van der Waals surface area contributed by atoms with Crippen molar-refractivity contribution in [1.82, 2.24) is 15.0 Å². The molecule has 0 spiro atoms. The van der Waals surface area contributed by atoms with Crippen LogP contribution in [0.25, 0.3) is 11.1 Å². The van der Waals surface area contributed by atoms with E-state index in [0.717, 1.165) is 43.1 Å². The van der Waals surface area contributed by atoms with Gasteiger partial charge in [0.25, 0.3) is 11.6 Å². The molecule has 28 heavy (non-hydrogen) atoms. The first-order valence-corrected chi connectivity index (χ1v) is 9.51. The van der Waals surface area contributed by atoms with Crippen LogP contribution in [0.15, 0.2) is 28.8 Å². The highest BCUT2D eigenvalue weighted by molar-refractivity contribution is 6.12. The number of anilines is 2. The average molecular weight is 379 g/mol. The lowest BCUT2D eigenvalue weighted by atomic mass is 10.1. The quantitative estimate of drug-likeness (QED) is 0.754. The Bertz CT molecular complexity index is 1030. The fourth-order valence-corrected chi connectivity index (χ4v) is 3.64. The normalized spacial score (nSPS) is 15.2. The number of fused-ring (bicyclic) bond motifs is 1. The van der Waals surface area contributed by atoms with Crippen LogP contribution in [0.3, 0.4) is 0 Å². The summed E-state index contributed by atoms with van der Waals surface area (Å²) < 4.78 is 5.23. The molecule has 3 heterocycles. The largest absolute Gasteiger partial charge is 0.369 e. The average Bonchev–Trinajstić information content (AvgIpc) is 3.04. The number of hydrogen-bond donors (Lipinski definition) is 1. The predicted molar refractivity (Wildman–Crippen MR) is 110 cm³/mol. The van der Waals surface area contributed by atoms with Crippen molar-refractivity contribution in [2.24, 2.45) is 0 Å². The molecule has 0 radical (unpaired) electrons. The number of nitrogens with one attached hydrogen (secondary N) is 1. The molecule has 4 rings (SSSR count). The molecule has 7 heteroatoms. The zero-order chi connectivity index (χ0) is 19.8. The van der Waals surface area contributed by atoms with E-state index in [0.29, 0.717) is 22.4 Å². The van der Waals surface area contributed by atoms with Crippen LogP contribution in [-0.2, 0) is 0 Å². The van der Waals surface area contributed by atoms with Gasteiger partial charge in [-0.2, -0.15) is 0 Å². The number of rotatable bonds is 3. The molecule has 7 nitrogen and oxygen atoms in total. The van der Waals surface area contributed by atoms with Gasteiger partial charge in [0.15, 0.2) is 0 Å². The zero-order valence-corrected chi connectivity index (χ0v) is 16.7. The fourth-order valence-electron chi connectivity index (χ4n) is 3.64. The van der Waals surface area contributed by atoms with Crippen molar-refractivity contribution >= 4 is 28.4 Å². The monoisotopic (exact) mass is 379 g/mol. The molecule has 1 N–H and O–H groups in total. The van der Waals surface area contributed by atoms with Gasteiger partial charge in [0.05, 0.1) is 16.6 Å². The maximum atomic E-state index is 13.0. The van der Waals surface area contributed by atoms with Crippen molar-refractivity contribution < 1.29 is 9.32 Å². The molecule has 0 unspecified atom stereocenters. The first-order chi connectivity index (χ1) is 13.4. The number of nitrogens with zero attached hydrogens (tertiary/aromatic N) is 4. The van der Waals surface area contributed by atoms with Gasteiger partial charge in [-0.25, -0.2) is 4.98 Å². The smallest absolute Gasteiger partial charge is 0.258 e. The molecule has 3 aromatic rings. The summed E-state index contributed by atoms with van der Waals surface area (Å²) in [7, 11) is 2.15. The van der Waals surface area contributed by atoms with E-state index in [2.05, 4.69) is 44.4 Å². The number of aromatic nitrogens is 2. The second-order valence-corrected chi connectivity index (χ2v) is 7.50. The molecule has 1 fully saturated rings. The lowest BCUT2D eigenvalue weighted by Gasteiger charge is -2.34. The first-order valence-electron chi connectivity index (χ1n) is 9.51. The summed E-state index contributed by atoms with van der Waals surface area (Å²) in [4.78, 5) is 22.0. The number of piperazine rings is 1. The van der Waals surface area contributed by atoms with Crippen LogP contribution >= 0.6 is 0 Å². The van der Waals surface area contributed by atoms with Crippen molar-refractivity contribution in [3.8, 4) is 0 Å². The van der Waals surface area contributed by atoms with Crippen molar-refractivity contribution in [3.05, 3.63) is 46.8 Å². The SMILES string of the molecule is Cc1cc(C(=O)Nc2ccc(N3CCN(C)CC3)cc2C)c2c(C)noc2n1. The lowest BCUT2D eigenvalue weighted by Crippen LogP contribution is -2.44. The molecule has 1 aliphatic rings. The number of benzene rings is 1. The summed E-state index contributed by atoms with van der Waals surface area (Å²) in [6, 6.07) is 7.97. The van der Waals surface area contributed by atoms with Crippen LogP contribution < -0.4 is 10.2 Å². The Morgan fingerprint density at radius 3 is 2.57 bits per heavy atom. The van der Waals surface area contributed by atoms with Gasteiger partial charge in [0.1, 0.15) is 0 Å². The van der Waals surface area contributed by atoms with Crippen LogP contribution in [0.5, 0.6) is 0 Å². The molecule has 0 saturated carbocycles. The molecule has 146 valence electrons. The minimum atomic E-state index is -0.183. The minimum absolute atomic E-state index is 0.183. The Kier molecular flexibility index (Phi) is 4.77. The van der Waals surface area contributed by atoms with Crippen LogP contribution in [0.2, 0.25) is 0 Å². The standard InChI is InChI=1S/C21H25N5O2/c1-13-11-16(26-9-7-25(4)8-10-26)5-6-18(13)23-20(27)17-12-14(2)22-21-19(17)15(3)24-28-21/h5-6,11-12H,7-10H2,1-4H3,(H,23,27). The molecular weight excluding hydrogens is 354 g/mol. The second-order valence-electron chi connectivity index (χ2n) is 7.50. The number of carbonyl (C=O) groups is 1. The third kappa shape index (κ3) is 3.45. The van der Waals surface area contributed by atoms with E-state index in [1.54, 1.807) is 6.07 Å². The molecule has 0 bridgehead atoms. The zero-order valence-electron chi connectivity index (χ0n) is 16.7. The van der Waals surface area contributed by atoms with Gasteiger partial charge >= 0.3 is 0 Å². The second kappa shape index (κ2) is 7.24. The van der Waals surface area contributed by atoms with Crippen LogP contribution in [-0.4, -0.2) is 54.2 Å². The number of amides is 1. The highest BCUT2D eigenvalue weighted by atomic mass is 16.5. The van der Waals surface area contributed by atoms with Crippen molar-refractivity contribution in [1.29, 1.82) is 0 Å². The van der Waals surface area contributed by atoms with Gasteiger partial charge < -0.3 is 19.6 Å². The minimum Gasteiger partial charge on any atom is -0.369 e. The number of aryl methyl sites for hydroxylation is 3. The van der Waals surface area contributed by atoms with Crippen molar-refractivity contribution in [3.63, 3.8) is 0 Å². The van der Waals surface area contributed by atoms with Gasteiger partial charge in [0, 0.05) is 43.2 Å². The summed E-state index contributed by atoms with van der Waals surface area (Å²) in [6.45, 7) is 9.83. The number of likely N-dealkylation sites (N-methyl/N-ethyl adjacent to an activating group) is 1. The maximum Gasteiger partial charge on any atom is 0.258 e. The Labute approximate surface area is 164 Å². The molecule has 0 atom stereocenters. The van der Waals surface area contributed by atoms with E-state index in [1.807, 2.05) is 26.8 Å². The third-order valence-electron chi connectivity index (χ3n) is 5.32. The Morgan fingerprint density at radius 2 is 1.86 bits per heavy atom. The maximum absolute atomic E-state index is 13.0. The fraction of sp³-hybridized carbons (Fsp3) is 0.381. The molecule has 1 amide bonds. The molecule has 1 saturated heterocycles. The topological polar surface area (TPSA) is 74.5 Å². The van der Waals surface area contributed by atoms with Crippen molar-refractivity contribution in [2.45, 2.75) is 20.8 Å². The van der Waals surface area contributed by atoms with Gasteiger partial charge in [0.2, 0.25) is 0 Å². The first kappa shape index (κ1) is 18.4. The van der Waals surface area contributed by atoms with E-state index >= 15 is 0 Å². The highest BCUT2D eigenvalue weighted by Gasteiger charge is 2.19. The highest BCUT2D eigenvalue weighted by Crippen LogP contribution is 2.26. The van der Waals surface area contributed by atoms with E-state index in [1.165, 1.54) is 5.69 Å². The van der Waals surface area contributed by atoms with E-state index in [-0.39, 0.29) is 5.91 Å². The van der Waals surface area contributed by atoms with E-state index in [9.17, 15) is 4.79 Å². The van der Waals surface area contributed by atoms with Gasteiger partial charge in [-0.3, -0.25) is 4.79 Å². The third-order valence-corrected chi connectivity index (χ3v) is 5.32. The molecule has 2 aromatic heterocycles. The van der Waals surface area contributed by atoms with E-state index in [4.69, 9.17) is 4.52 Å². The van der Waals surface area contributed by atoms with Gasteiger partial charge in [-0.1, -0.05) is 5.16 Å². The molecular formula is C21H25N5O2. The van der Waals surface area contributed by atoms with Gasteiger partial charge in [-0.05, 0) is 57.6 Å². The Hall–Kier alpha value is -2.93.